The molecule has 0 saturated carbocycles. The molecule has 0 bridgehead atoms. The monoisotopic (exact) mass is 357 g/mol. The van der Waals surface area contributed by atoms with Gasteiger partial charge in [0.15, 0.2) is 11.5 Å². The molecule has 0 amide bonds. The van der Waals surface area contributed by atoms with Crippen molar-refractivity contribution in [2.45, 2.75) is 19.8 Å². The van der Waals surface area contributed by atoms with Gasteiger partial charge in [-0.1, -0.05) is 19.9 Å². The van der Waals surface area contributed by atoms with Gasteiger partial charge in [0, 0.05) is 6.20 Å². The van der Waals surface area contributed by atoms with Crippen molar-refractivity contribution in [1.82, 2.24) is 14.8 Å². The Labute approximate surface area is 118 Å². The summed E-state index contributed by atoms with van der Waals surface area (Å²) in [7, 11) is 0. The minimum atomic E-state index is -1.02. The average Bonchev–Trinajstić information content (AvgIpc) is 2.68. The van der Waals surface area contributed by atoms with Gasteiger partial charge in [0.2, 0.25) is 0 Å². The van der Waals surface area contributed by atoms with E-state index in [1.165, 1.54) is 0 Å². The third-order valence-corrected chi connectivity index (χ3v) is 3.54. The molecule has 94 valence electrons. The lowest BCUT2D eigenvalue weighted by Gasteiger charge is -2.09. The van der Waals surface area contributed by atoms with Crippen LogP contribution in [-0.4, -0.2) is 25.8 Å². The molecule has 0 atom stereocenters. The largest absolute Gasteiger partial charge is 0.476 e. The van der Waals surface area contributed by atoms with Gasteiger partial charge < -0.3 is 5.11 Å². The van der Waals surface area contributed by atoms with E-state index in [0.717, 1.165) is 5.69 Å². The normalized spacial score (nSPS) is 10.9. The molecule has 0 aromatic carbocycles. The molecule has 2 rings (SSSR count). The predicted molar refractivity (Wildman–Crippen MR) is 75.1 cm³/mol. The van der Waals surface area contributed by atoms with Crippen LogP contribution in [0, 0.1) is 3.57 Å². The number of rotatable bonds is 3. The van der Waals surface area contributed by atoms with Crippen LogP contribution < -0.4 is 0 Å². The van der Waals surface area contributed by atoms with E-state index < -0.39 is 5.97 Å². The van der Waals surface area contributed by atoms with Crippen molar-refractivity contribution in [2.75, 3.05) is 0 Å². The fourth-order valence-electron chi connectivity index (χ4n) is 1.70. The number of carbonyl (C=O) groups is 1. The van der Waals surface area contributed by atoms with Crippen molar-refractivity contribution in [3.63, 3.8) is 0 Å². The molecule has 0 spiro atoms. The molecule has 0 aliphatic rings. The van der Waals surface area contributed by atoms with Crippen molar-refractivity contribution in [1.29, 1.82) is 0 Å². The average molecular weight is 357 g/mol. The Hall–Kier alpha value is -1.44. The van der Waals surface area contributed by atoms with Crippen molar-refractivity contribution in [3.05, 3.63) is 39.4 Å². The van der Waals surface area contributed by atoms with Crippen molar-refractivity contribution in [2.24, 2.45) is 0 Å². The second kappa shape index (κ2) is 5.05. The number of carboxylic acid groups (broad SMARTS) is 1. The summed E-state index contributed by atoms with van der Waals surface area (Å²) in [6, 6.07) is 5.47. The van der Waals surface area contributed by atoms with E-state index in [1.807, 2.05) is 48.6 Å². The third kappa shape index (κ3) is 2.24. The number of nitrogens with zero attached hydrogens (tertiary/aromatic N) is 3. The summed E-state index contributed by atoms with van der Waals surface area (Å²) in [5.41, 5.74) is 0.941. The second-order valence-corrected chi connectivity index (χ2v) is 5.19. The SMILES string of the molecule is CC(C)c1c(I)c(C(=O)O)nn1-c1ccccn1. The van der Waals surface area contributed by atoms with Crippen LogP contribution in [0.5, 0.6) is 0 Å². The molecular formula is C12H12IN3O2. The molecule has 2 aromatic rings. The molecule has 0 saturated heterocycles. The van der Waals surface area contributed by atoms with Gasteiger partial charge in [-0.05, 0) is 40.6 Å². The Morgan fingerprint density at radius 3 is 2.67 bits per heavy atom. The molecule has 0 aliphatic heterocycles. The molecule has 0 unspecified atom stereocenters. The zero-order valence-corrected chi connectivity index (χ0v) is 12.1. The Kier molecular flexibility index (Phi) is 3.65. The molecular weight excluding hydrogens is 345 g/mol. The van der Waals surface area contributed by atoms with Gasteiger partial charge in [0.25, 0.3) is 0 Å². The first kappa shape index (κ1) is 13.0. The molecule has 0 aliphatic carbocycles. The van der Waals surface area contributed by atoms with E-state index in [9.17, 15) is 4.79 Å². The molecule has 5 nitrogen and oxygen atoms in total. The lowest BCUT2D eigenvalue weighted by molar-refractivity contribution is 0.0689. The Balaban J connectivity index is 2.67. The van der Waals surface area contributed by atoms with E-state index in [-0.39, 0.29) is 11.6 Å². The van der Waals surface area contributed by atoms with Crippen LogP contribution in [0.4, 0.5) is 0 Å². The van der Waals surface area contributed by atoms with Gasteiger partial charge in [0.1, 0.15) is 0 Å². The number of hydrogen-bond acceptors (Lipinski definition) is 3. The number of pyridine rings is 1. The number of halogens is 1. The first-order valence-electron chi connectivity index (χ1n) is 5.45. The topological polar surface area (TPSA) is 68.0 Å². The van der Waals surface area contributed by atoms with Gasteiger partial charge in [-0.25, -0.2) is 14.5 Å². The van der Waals surface area contributed by atoms with E-state index in [0.29, 0.717) is 9.39 Å². The molecule has 0 radical (unpaired) electrons. The third-order valence-electron chi connectivity index (χ3n) is 2.48. The smallest absolute Gasteiger partial charge is 0.357 e. The van der Waals surface area contributed by atoms with Gasteiger partial charge in [0.05, 0.1) is 9.26 Å². The van der Waals surface area contributed by atoms with E-state index in [2.05, 4.69) is 10.1 Å². The highest BCUT2D eigenvalue weighted by Gasteiger charge is 2.23. The zero-order chi connectivity index (χ0) is 13.3. The standard InChI is InChI=1S/C12H12IN3O2/c1-7(2)11-9(13)10(12(17)18)15-16(11)8-5-3-4-6-14-8/h3-7H,1-2H3,(H,17,18). The summed E-state index contributed by atoms with van der Waals surface area (Å²) in [5.74, 6) is -0.220. The van der Waals surface area contributed by atoms with E-state index in [1.54, 1.807) is 16.9 Å². The van der Waals surface area contributed by atoms with Crippen molar-refractivity contribution >= 4 is 28.6 Å². The zero-order valence-electron chi connectivity index (χ0n) is 9.96. The Morgan fingerprint density at radius 2 is 2.17 bits per heavy atom. The second-order valence-electron chi connectivity index (χ2n) is 4.11. The molecule has 2 heterocycles. The Morgan fingerprint density at radius 1 is 1.44 bits per heavy atom. The van der Waals surface area contributed by atoms with Gasteiger partial charge in [-0.15, -0.1) is 0 Å². The summed E-state index contributed by atoms with van der Waals surface area (Å²) in [6.07, 6.45) is 1.66. The maximum atomic E-state index is 11.1. The van der Waals surface area contributed by atoms with Crippen LogP contribution in [0.3, 0.4) is 0 Å². The summed E-state index contributed by atoms with van der Waals surface area (Å²) >= 11 is 2.03. The first-order chi connectivity index (χ1) is 8.52. The molecule has 6 heteroatoms. The number of carboxylic acids is 1. The highest BCUT2D eigenvalue weighted by Crippen LogP contribution is 2.26. The summed E-state index contributed by atoms with van der Waals surface area (Å²) < 4.78 is 2.27. The molecule has 1 N–H and O–H groups in total. The van der Waals surface area contributed by atoms with Crippen LogP contribution in [0.1, 0.15) is 35.9 Å². The maximum absolute atomic E-state index is 11.1. The molecule has 18 heavy (non-hydrogen) atoms. The van der Waals surface area contributed by atoms with Crippen molar-refractivity contribution in [3.8, 4) is 5.82 Å². The van der Waals surface area contributed by atoms with Crippen molar-refractivity contribution < 1.29 is 9.90 Å². The quantitative estimate of drug-likeness (QED) is 0.858. The van der Waals surface area contributed by atoms with Crippen LogP contribution >= 0.6 is 22.6 Å². The Bertz CT molecular complexity index is 579. The minimum absolute atomic E-state index is 0.0740. The summed E-state index contributed by atoms with van der Waals surface area (Å²) in [4.78, 5) is 15.4. The predicted octanol–water partition coefficient (Wildman–Crippen LogP) is 2.69. The van der Waals surface area contributed by atoms with Crippen LogP contribution in [-0.2, 0) is 0 Å². The fourth-order valence-corrected chi connectivity index (χ4v) is 2.89. The van der Waals surface area contributed by atoms with Gasteiger partial charge >= 0.3 is 5.97 Å². The van der Waals surface area contributed by atoms with E-state index >= 15 is 0 Å². The lowest BCUT2D eigenvalue weighted by atomic mass is 10.1. The minimum Gasteiger partial charge on any atom is -0.476 e. The highest BCUT2D eigenvalue weighted by molar-refractivity contribution is 14.1. The maximum Gasteiger partial charge on any atom is 0.357 e. The number of hydrogen-bond donors (Lipinski definition) is 1. The molecule has 2 aromatic heterocycles. The van der Waals surface area contributed by atoms with Gasteiger partial charge in [-0.2, -0.15) is 5.10 Å². The van der Waals surface area contributed by atoms with Crippen LogP contribution in [0.2, 0.25) is 0 Å². The van der Waals surface area contributed by atoms with E-state index in [4.69, 9.17) is 5.11 Å². The molecule has 0 fully saturated rings. The summed E-state index contributed by atoms with van der Waals surface area (Å²) in [6.45, 7) is 4.01. The van der Waals surface area contributed by atoms with Crippen LogP contribution in [0.15, 0.2) is 24.4 Å². The highest BCUT2D eigenvalue weighted by atomic mass is 127. The number of aromatic carboxylic acids is 1. The lowest BCUT2D eigenvalue weighted by Crippen LogP contribution is -2.06. The van der Waals surface area contributed by atoms with Gasteiger partial charge in [-0.3, -0.25) is 0 Å². The fraction of sp³-hybridized carbons (Fsp3) is 0.250. The summed E-state index contributed by atoms with van der Waals surface area (Å²) in [5, 5.41) is 13.3. The first-order valence-corrected chi connectivity index (χ1v) is 6.53. The van der Waals surface area contributed by atoms with Crippen LogP contribution in [0.25, 0.3) is 5.82 Å². The number of aromatic nitrogens is 3.